The third-order valence-electron chi connectivity index (χ3n) is 2.95. The Hall–Kier alpha value is -2.21. The molecule has 0 aliphatic heterocycles. The summed E-state index contributed by atoms with van der Waals surface area (Å²) in [7, 11) is 1.70. The van der Waals surface area contributed by atoms with Crippen molar-refractivity contribution in [2.45, 2.75) is 6.92 Å². The molecule has 0 fully saturated rings. The van der Waals surface area contributed by atoms with Crippen LogP contribution in [0.4, 0.5) is 11.4 Å². The molecule has 21 heavy (non-hydrogen) atoms. The van der Waals surface area contributed by atoms with Crippen molar-refractivity contribution in [3.63, 3.8) is 0 Å². The van der Waals surface area contributed by atoms with Gasteiger partial charge in [0, 0.05) is 42.2 Å². The van der Waals surface area contributed by atoms with E-state index >= 15 is 0 Å². The number of aromatic nitrogens is 1. The predicted octanol–water partition coefficient (Wildman–Crippen LogP) is 3.08. The van der Waals surface area contributed by atoms with E-state index in [9.17, 15) is 9.59 Å². The second kappa shape index (κ2) is 6.49. The molecule has 0 radical (unpaired) electrons. The zero-order chi connectivity index (χ0) is 15.4. The number of anilines is 2. The maximum absolute atomic E-state index is 12.1. The van der Waals surface area contributed by atoms with Gasteiger partial charge in [-0.15, -0.1) is 0 Å². The van der Waals surface area contributed by atoms with Crippen LogP contribution in [0.25, 0.3) is 0 Å². The van der Waals surface area contributed by atoms with Crippen molar-refractivity contribution in [1.29, 1.82) is 0 Å². The second-order valence-electron chi connectivity index (χ2n) is 4.47. The van der Waals surface area contributed by atoms with Crippen LogP contribution in [-0.4, -0.2) is 23.8 Å². The summed E-state index contributed by atoms with van der Waals surface area (Å²) >= 11 is 3.27. The van der Waals surface area contributed by atoms with Crippen molar-refractivity contribution in [2.75, 3.05) is 17.3 Å². The molecule has 5 nitrogen and oxygen atoms in total. The number of hydrogen-bond acceptors (Lipinski definition) is 3. The minimum absolute atomic E-state index is 0.0491. The monoisotopic (exact) mass is 347 g/mol. The average Bonchev–Trinajstić information content (AvgIpc) is 2.47. The van der Waals surface area contributed by atoms with Crippen LogP contribution < -0.4 is 10.2 Å². The smallest absolute Gasteiger partial charge is 0.257 e. The summed E-state index contributed by atoms with van der Waals surface area (Å²) in [5.74, 6) is -0.288. The topological polar surface area (TPSA) is 62.3 Å². The van der Waals surface area contributed by atoms with Gasteiger partial charge in [0.1, 0.15) is 0 Å². The van der Waals surface area contributed by atoms with Gasteiger partial charge >= 0.3 is 0 Å². The van der Waals surface area contributed by atoms with Crippen LogP contribution in [0, 0.1) is 0 Å². The molecule has 0 aliphatic rings. The summed E-state index contributed by atoms with van der Waals surface area (Å²) < 4.78 is 0.744. The number of halogens is 1. The Bertz CT molecular complexity index is 671. The van der Waals surface area contributed by atoms with E-state index in [1.165, 1.54) is 18.0 Å². The van der Waals surface area contributed by atoms with Crippen LogP contribution in [0.5, 0.6) is 0 Å². The maximum Gasteiger partial charge on any atom is 0.257 e. The van der Waals surface area contributed by atoms with Gasteiger partial charge in [-0.1, -0.05) is 0 Å². The van der Waals surface area contributed by atoms with Gasteiger partial charge in [-0.25, -0.2) is 0 Å². The number of hydrogen-bond donors (Lipinski definition) is 1. The number of benzene rings is 1. The average molecular weight is 348 g/mol. The second-order valence-corrected chi connectivity index (χ2v) is 5.39. The molecule has 0 atom stereocenters. The van der Waals surface area contributed by atoms with Crippen LogP contribution in [-0.2, 0) is 4.79 Å². The minimum atomic E-state index is -0.239. The molecule has 0 bridgehead atoms. The number of pyridine rings is 1. The van der Waals surface area contributed by atoms with Gasteiger partial charge in [-0.3, -0.25) is 14.6 Å². The van der Waals surface area contributed by atoms with Crippen molar-refractivity contribution >= 4 is 39.1 Å². The van der Waals surface area contributed by atoms with E-state index in [0.717, 1.165) is 10.2 Å². The van der Waals surface area contributed by atoms with Crippen LogP contribution in [0.15, 0.2) is 47.2 Å². The van der Waals surface area contributed by atoms with Gasteiger partial charge in [0.05, 0.1) is 5.56 Å². The molecule has 6 heteroatoms. The van der Waals surface area contributed by atoms with Crippen LogP contribution in [0.3, 0.4) is 0 Å². The Morgan fingerprint density at radius 2 is 1.86 bits per heavy atom. The summed E-state index contributed by atoms with van der Waals surface area (Å²) in [5, 5.41) is 2.78. The van der Waals surface area contributed by atoms with E-state index in [0.29, 0.717) is 11.3 Å². The van der Waals surface area contributed by atoms with Gasteiger partial charge in [-0.05, 0) is 46.3 Å². The Labute approximate surface area is 131 Å². The van der Waals surface area contributed by atoms with Crippen molar-refractivity contribution < 1.29 is 9.59 Å². The SMILES string of the molecule is CC(=O)N(C)c1ccc(NC(=O)c2cncc(Br)c2)cc1. The van der Waals surface area contributed by atoms with Gasteiger partial charge in [0.25, 0.3) is 5.91 Å². The van der Waals surface area contributed by atoms with E-state index in [-0.39, 0.29) is 11.8 Å². The molecule has 1 N–H and O–H groups in total. The van der Waals surface area contributed by atoms with Gasteiger partial charge in [0.2, 0.25) is 5.91 Å². The highest BCUT2D eigenvalue weighted by Crippen LogP contribution is 2.18. The van der Waals surface area contributed by atoms with Gasteiger partial charge in [-0.2, -0.15) is 0 Å². The Morgan fingerprint density at radius 1 is 1.19 bits per heavy atom. The van der Waals surface area contributed by atoms with Crippen LogP contribution in [0.1, 0.15) is 17.3 Å². The summed E-state index contributed by atoms with van der Waals surface area (Å²) in [5.41, 5.74) is 1.89. The van der Waals surface area contributed by atoms with Crippen molar-refractivity contribution in [3.05, 3.63) is 52.8 Å². The van der Waals surface area contributed by atoms with Crippen LogP contribution in [0.2, 0.25) is 0 Å². The van der Waals surface area contributed by atoms with Gasteiger partial charge in [0.15, 0.2) is 0 Å². The molecular weight excluding hydrogens is 334 g/mol. The molecule has 1 aromatic heterocycles. The first-order valence-corrected chi connectivity index (χ1v) is 7.03. The molecule has 0 aliphatic carbocycles. The third kappa shape index (κ3) is 3.88. The lowest BCUT2D eigenvalue weighted by atomic mass is 10.2. The lowest BCUT2D eigenvalue weighted by molar-refractivity contribution is -0.116. The maximum atomic E-state index is 12.1. The molecule has 0 spiro atoms. The third-order valence-corrected chi connectivity index (χ3v) is 3.39. The first-order chi connectivity index (χ1) is 9.97. The molecule has 108 valence electrons. The fraction of sp³-hybridized carbons (Fsp3) is 0.133. The highest BCUT2D eigenvalue weighted by Gasteiger charge is 2.08. The summed E-state index contributed by atoms with van der Waals surface area (Å²) in [6.07, 6.45) is 3.11. The van der Waals surface area contributed by atoms with E-state index in [2.05, 4.69) is 26.2 Å². The number of nitrogens with one attached hydrogen (secondary N) is 1. The quantitative estimate of drug-likeness (QED) is 0.927. The standard InChI is InChI=1S/C15H14BrN3O2/c1-10(20)19(2)14-5-3-13(4-6-14)18-15(21)11-7-12(16)9-17-8-11/h3-9H,1-2H3,(H,18,21). The summed E-state index contributed by atoms with van der Waals surface area (Å²) in [6, 6.07) is 8.74. The first-order valence-electron chi connectivity index (χ1n) is 6.23. The Balaban J connectivity index is 2.10. The zero-order valence-electron chi connectivity index (χ0n) is 11.6. The highest BCUT2D eigenvalue weighted by atomic mass is 79.9. The molecule has 2 rings (SSSR count). The normalized spacial score (nSPS) is 10.0. The van der Waals surface area contributed by atoms with Crippen LogP contribution >= 0.6 is 15.9 Å². The largest absolute Gasteiger partial charge is 0.322 e. The predicted molar refractivity (Wildman–Crippen MR) is 85.4 cm³/mol. The minimum Gasteiger partial charge on any atom is -0.322 e. The number of nitrogens with zero attached hydrogens (tertiary/aromatic N) is 2. The molecule has 0 saturated heterocycles. The van der Waals surface area contributed by atoms with Crippen molar-refractivity contribution in [1.82, 2.24) is 4.98 Å². The van der Waals surface area contributed by atoms with E-state index in [4.69, 9.17) is 0 Å². The summed E-state index contributed by atoms with van der Waals surface area (Å²) in [6.45, 7) is 1.50. The fourth-order valence-electron chi connectivity index (χ4n) is 1.69. The molecule has 1 aromatic carbocycles. The lowest BCUT2D eigenvalue weighted by Gasteiger charge is -2.15. The molecular formula is C15H14BrN3O2. The number of carbonyl (C=O) groups excluding carboxylic acids is 2. The summed E-state index contributed by atoms with van der Waals surface area (Å²) in [4.78, 5) is 28.8. The van der Waals surface area contributed by atoms with Crippen molar-refractivity contribution in [2.24, 2.45) is 0 Å². The molecule has 2 aromatic rings. The number of carbonyl (C=O) groups is 2. The van der Waals surface area contributed by atoms with E-state index in [1.807, 2.05) is 0 Å². The Kier molecular flexibility index (Phi) is 4.70. The number of amides is 2. The molecule has 0 saturated carbocycles. The zero-order valence-corrected chi connectivity index (χ0v) is 13.2. The van der Waals surface area contributed by atoms with Gasteiger partial charge < -0.3 is 10.2 Å². The number of rotatable bonds is 3. The molecule has 1 heterocycles. The van der Waals surface area contributed by atoms with Crippen molar-refractivity contribution in [3.8, 4) is 0 Å². The van der Waals surface area contributed by atoms with E-state index < -0.39 is 0 Å². The first kappa shape index (κ1) is 15.2. The fourth-order valence-corrected chi connectivity index (χ4v) is 2.05. The van der Waals surface area contributed by atoms with E-state index in [1.54, 1.807) is 43.6 Å². The lowest BCUT2D eigenvalue weighted by Crippen LogP contribution is -2.22. The highest BCUT2D eigenvalue weighted by molar-refractivity contribution is 9.10. The molecule has 0 unspecified atom stereocenters. The molecule has 2 amide bonds. The Morgan fingerprint density at radius 3 is 2.43 bits per heavy atom.